The van der Waals surface area contributed by atoms with Crippen molar-refractivity contribution in [1.29, 1.82) is 5.26 Å². The average Bonchev–Trinajstić information content (AvgIpc) is 3.09. The van der Waals surface area contributed by atoms with E-state index in [9.17, 15) is 9.65 Å². The van der Waals surface area contributed by atoms with Crippen LogP contribution in [0.5, 0.6) is 0 Å². The summed E-state index contributed by atoms with van der Waals surface area (Å²) in [5.74, 6) is -0.224. The van der Waals surface area contributed by atoms with Gasteiger partial charge in [-0.1, -0.05) is 46.3 Å². The van der Waals surface area contributed by atoms with Crippen LogP contribution >= 0.6 is 15.9 Å². The second-order valence-corrected chi connectivity index (χ2v) is 7.48. The third kappa shape index (κ3) is 3.90. The summed E-state index contributed by atoms with van der Waals surface area (Å²) < 4.78 is 16.5. The molecule has 0 N–H and O–H groups in total. The van der Waals surface area contributed by atoms with Gasteiger partial charge in [-0.2, -0.15) is 5.26 Å². The molecule has 1 heterocycles. The van der Waals surface area contributed by atoms with Crippen molar-refractivity contribution in [1.82, 2.24) is 4.57 Å². The van der Waals surface area contributed by atoms with E-state index in [0.717, 1.165) is 32.1 Å². The molecule has 28 heavy (non-hydrogen) atoms. The topological polar surface area (TPSA) is 28.7 Å². The van der Waals surface area contributed by atoms with Crippen LogP contribution in [-0.2, 0) is 6.54 Å². The Morgan fingerprint density at radius 1 is 1.04 bits per heavy atom. The van der Waals surface area contributed by atoms with Crippen molar-refractivity contribution >= 4 is 38.5 Å². The van der Waals surface area contributed by atoms with Crippen molar-refractivity contribution in [2.24, 2.45) is 0 Å². The molecule has 0 spiro atoms. The first kappa shape index (κ1) is 18.2. The Morgan fingerprint density at radius 2 is 1.86 bits per heavy atom. The molecule has 4 aromatic rings. The fourth-order valence-corrected chi connectivity index (χ4v) is 3.52. The van der Waals surface area contributed by atoms with Gasteiger partial charge in [-0.3, -0.25) is 0 Å². The number of fused-ring (bicyclic) bond motifs is 1. The molecule has 2 nitrogen and oxygen atoms in total. The number of hydrogen-bond donors (Lipinski definition) is 0. The van der Waals surface area contributed by atoms with E-state index in [0.29, 0.717) is 12.1 Å². The third-order valence-electron chi connectivity index (χ3n) is 4.62. The highest BCUT2D eigenvalue weighted by Gasteiger charge is 2.05. The summed E-state index contributed by atoms with van der Waals surface area (Å²) in [5, 5.41) is 10.6. The van der Waals surface area contributed by atoms with Gasteiger partial charge in [-0.15, -0.1) is 0 Å². The molecule has 3 aromatic carbocycles. The van der Waals surface area contributed by atoms with Gasteiger partial charge in [0.05, 0.1) is 11.6 Å². The van der Waals surface area contributed by atoms with E-state index >= 15 is 0 Å². The van der Waals surface area contributed by atoms with E-state index < -0.39 is 0 Å². The lowest BCUT2D eigenvalue weighted by Crippen LogP contribution is -1.98. The summed E-state index contributed by atoms with van der Waals surface area (Å²) in [4.78, 5) is 0. The van der Waals surface area contributed by atoms with Crippen LogP contribution in [-0.4, -0.2) is 4.57 Å². The highest BCUT2D eigenvalue weighted by atomic mass is 79.9. The first-order valence-electron chi connectivity index (χ1n) is 8.83. The number of allylic oxidation sites excluding steroid dienone is 1. The lowest BCUT2D eigenvalue weighted by Gasteiger charge is -2.06. The highest BCUT2D eigenvalue weighted by Crippen LogP contribution is 2.24. The Labute approximate surface area is 171 Å². The van der Waals surface area contributed by atoms with Gasteiger partial charge in [0.1, 0.15) is 5.82 Å². The predicted octanol–water partition coefficient (Wildman–Crippen LogP) is 6.66. The molecule has 0 aliphatic heterocycles. The van der Waals surface area contributed by atoms with Crippen molar-refractivity contribution in [3.05, 3.63) is 106 Å². The molecule has 0 atom stereocenters. The molecule has 0 amide bonds. The van der Waals surface area contributed by atoms with Crippen LogP contribution in [0.2, 0.25) is 0 Å². The summed E-state index contributed by atoms with van der Waals surface area (Å²) in [5.41, 5.74) is 4.46. The van der Waals surface area contributed by atoms with Crippen LogP contribution in [0.3, 0.4) is 0 Å². The third-order valence-corrected chi connectivity index (χ3v) is 5.15. The van der Waals surface area contributed by atoms with Crippen LogP contribution in [0, 0.1) is 17.1 Å². The number of rotatable bonds is 4. The zero-order valence-electron chi connectivity index (χ0n) is 14.9. The molecule has 0 bridgehead atoms. The standard InChI is InChI=1S/C24H16BrFN2/c25-22-7-5-19(6-8-22)21(15-27)13-17-4-9-24-20(12-17)10-11-28(24)16-18-2-1-3-23(26)14-18/h1-14H,16H2/b21-13+. The zero-order chi connectivity index (χ0) is 19.5. The largest absolute Gasteiger partial charge is 0.343 e. The van der Waals surface area contributed by atoms with Gasteiger partial charge >= 0.3 is 0 Å². The molecule has 0 saturated carbocycles. The lowest BCUT2D eigenvalue weighted by molar-refractivity contribution is 0.624. The first-order valence-corrected chi connectivity index (χ1v) is 9.63. The number of hydrogen-bond acceptors (Lipinski definition) is 1. The monoisotopic (exact) mass is 430 g/mol. The Hall–Kier alpha value is -3.16. The fourth-order valence-electron chi connectivity index (χ4n) is 3.25. The van der Waals surface area contributed by atoms with Gasteiger partial charge in [0.25, 0.3) is 0 Å². The zero-order valence-corrected chi connectivity index (χ0v) is 16.5. The molecular formula is C24H16BrFN2. The molecule has 136 valence electrons. The van der Waals surface area contributed by atoms with E-state index in [-0.39, 0.29) is 5.82 Å². The van der Waals surface area contributed by atoms with Gasteiger partial charge in [0.15, 0.2) is 0 Å². The molecule has 0 radical (unpaired) electrons. The Bertz CT molecular complexity index is 1210. The number of nitrogens with zero attached hydrogens (tertiary/aromatic N) is 2. The van der Waals surface area contributed by atoms with E-state index in [2.05, 4.69) is 32.6 Å². The van der Waals surface area contributed by atoms with Gasteiger partial charge in [-0.05, 0) is 65.2 Å². The van der Waals surface area contributed by atoms with Gasteiger partial charge in [0.2, 0.25) is 0 Å². The molecular weight excluding hydrogens is 415 g/mol. The molecule has 0 aliphatic rings. The van der Waals surface area contributed by atoms with Gasteiger partial charge < -0.3 is 4.57 Å². The minimum Gasteiger partial charge on any atom is -0.343 e. The molecule has 0 saturated heterocycles. The molecule has 4 heteroatoms. The number of benzene rings is 3. The van der Waals surface area contributed by atoms with Crippen LogP contribution in [0.4, 0.5) is 4.39 Å². The van der Waals surface area contributed by atoms with E-state index in [1.807, 2.05) is 60.8 Å². The van der Waals surface area contributed by atoms with Crippen LogP contribution in [0.1, 0.15) is 16.7 Å². The van der Waals surface area contributed by atoms with E-state index in [4.69, 9.17) is 0 Å². The molecule has 0 fully saturated rings. The quantitative estimate of drug-likeness (QED) is 0.263. The van der Waals surface area contributed by atoms with Crippen LogP contribution in [0.25, 0.3) is 22.6 Å². The maximum Gasteiger partial charge on any atom is 0.123 e. The summed E-state index contributed by atoms with van der Waals surface area (Å²) in [6.45, 7) is 0.610. The normalized spacial score (nSPS) is 11.5. The molecule has 4 rings (SSSR count). The molecule has 1 aromatic heterocycles. The van der Waals surface area contributed by atoms with E-state index in [1.54, 1.807) is 12.1 Å². The highest BCUT2D eigenvalue weighted by molar-refractivity contribution is 9.10. The van der Waals surface area contributed by atoms with Crippen molar-refractivity contribution in [2.75, 3.05) is 0 Å². The molecule has 0 unspecified atom stereocenters. The Balaban J connectivity index is 1.65. The maximum absolute atomic E-state index is 13.4. The van der Waals surface area contributed by atoms with Crippen molar-refractivity contribution < 1.29 is 4.39 Å². The minimum atomic E-state index is -0.224. The Morgan fingerprint density at radius 3 is 2.61 bits per heavy atom. The smallest absolute Gasteiger partial charge is 0.123 e. The van der Waals surface area contributed by atoms with Crippen molar-refractivity contribution in [3.8, 4) is 6.07 Å². The number of nitriles is 1. The second-order valence-electron chi connectivity index (χ2n) is 6.57. The average molecular weight is 431 g/mol. The fraction of sp³-hybridized carbons (Fsp3) is 0.0417. The first-order chi connectivity index (χ1) is 13.6. The summed E-state index contributed by atoms with van der Waals surface area (Å²) in [7, 11) is 0. The second kappa shape index (κ2) is 7.84. The number of aromatic nitrogens is 1. The van der Waals surface area contributed by atoms with Crippen LogP contribution < -0.4 is 0 Å². The maximum atomic E-state index is 13.4. The molecule has 0 aliphatic carbocycles. The predicted molar refractivity (Wildman–Crippen MR) is 115 cm³/mol. The van der Waals surface area contributed by atoms with E-state index in [1.165, 1.54) is 6.07 Å². The summed E-state index contributed by atoms with van der Waals surface area (Å²) in [6, 6.07) is 24.8. The SMILES string of the molecule is N#C/C(=C\c1ccc2c(ccn2Cc2cccc(F)c2)c1)c1ccc(Br)cc1. The number of halogens is 2. The minimum absolute atomic E-state index is 0.224. The van der Waals surface area contributed by atoms with Gasteiger partial charge in [-0.25, -0.2) is 4.39 Å². The van der Waals surface area contributed by atoms with Crippen molar-refractivity contribution in [2.45, 2.75) is 6.54 Å². The Kier molecular flexibility index (Phi) is 5.10. The van der Waals surface area contributed by atoms with Crippen LogP contribution in [0.15, 0.2) is 83.5 Å². The van der Waals surface area contributed by atoms with Crippen molar-refractivity contribution in [3.63, 3.8) is 0 Å². The van der Waals surface area contributed by atoms with Gasteiger partial charge in [0, 0.05) is 28.1 Å². The summed E-state index contributed by atoms with van der Waals surface area (Å²) in [6.07, 6.45) is 3.90. The lowest BCUT2D eigenvalue weighted by atomic mass is 10.0. The summed E-state index contributed by atoms with van der Waals surface area (Å²) >= 11 is 3.41.